The van der Waals surface area contributed by atoms with Crippen LogP contribution < -0.4 is 19.5 Å². The van der Waals surface area contributed by atoms with Crippen molar-refractivity contribution < 1.29 is 28.8 Å². The molecule has 0 unspecified atom stereocenters. The molecule has 0 saturated carbocycles. The van der Waals surface area contributed by atoms with Gasteiger partial charge in [0.25, 0.3) is 5.91 Å². The van der Waals surface area contributed by atoms with Crippen molar-refractivity contribution in [2.45, 2.75) is 37.5 Å². The summed E-state index contributed by atoms with van der Waals surface area (Å²) in [5.74, 6) is 1.89. The molecule has 0 fully saturated rings. The molecular formula is C37H38BrN5O6. The highest BCUT2D eigenvalue weighted by atomic mass is 79.9. The van der Waals surface area contributed by atoms with Gasteiger partial charge in [0.2, 0.25) is 5.90 Å². The van der Waals surface area contributed by atoms with Gasteiger partial charge in [0.05, 0.1) is 27.4 Å². The molecule has 1 heterocycles. The smallest absolute Gasteiger partial charge is 0.252 e. The number of aliphatic hydroxyl groups excluding tert-OH is 1. The average molecular weight is 729 g/mol. The largest absolute Gasteiger partial charge is 0.494 e. The molecular weight excluding hydrogens is 690 g/mol. The van der Waals surface area contributed by atoms with Crippen molar-refractivity contribution in [1.29, 1.82) is 0 Å². The Bertz CT molecular complexity index is 1810. The van der Waals surface area contributed by atoms with Crippen molar-refractivity contribution in [2.75, 3.05) is 34.0 Å². The number of methoxy groups -OCH3 is 2. The molecule has 12 heteroatoms. The highest BCUT2D eigenvalue weighted by Crippen LogP contribution is 2.43. The first-order chi connectivity index (χ1) is 23.9. The number of carbonyl (C=O) groups is 1. The van der Waals surface area contributed by atoms with Gasteiger partial charge in [0.15, 0.2) is 23.1 Å². The van der Waals surface area contributed by atoms with E-state index in [1.165, 1.54) is 0 Å². The topological polar surface area (TPSA) is 147 Å². The average Bonchev–Trinajstić information content (AvgIpc) is 3.52. The number of ether oxygens (including phenoxy) is 4. The third kappa shape index (κ3) is 8.53. The van der Waals surface area contributed by atoms with Crippen LogP contribution in [0, 0.1) is 0 Å². The molecule has 2 N–H and O–H groups in total. The second-order valence-corrected chi connectivity index (χ2v) is 12.3. The normalized spacial score (nSPS) is 16.6. The molecule has 1 aliphatic heterocycles. The van der Waals surface area contributed by atoms with E-state index in [9.17, 15) is 4.79 Å². The monoisotopic (exact) mass is 727 g/mol. The number of hydrogen-bond donors (Lipinski definition) is 2. The number of azide groups is 1. The predicted octanol–water partition coefficient (Wildman–Crippen LogP) is 6.90. The van der Waals surface area contributed by atoms with Gasteiger partial charge in [-0.25, -0.2) is 4.99 Å². The number of benzene rings is 4. The van der Waals surface area contributed by atoms with Crippen molar-refractivity contribution in [3.05, 3.63) is 134 Å². The van der Waals surface area contributed by atoms with Gasteiger partial charge in [-0.3, -0.25) is 4.79 Å². The van der Waals surface area contributed by atoms with Gasteiger partial charge in [0, 0.05) is 40.9 Å². The summed E-state index contributed by atoms with van der Waals surface area (Å²) in [4.78, 5) is 22.7. The van der Waals surface area contributed by atoms with E-state index in [0.717, 1.165) is 26.7 Å². The molecule has 2 atom stereocenters. The minimum absolute atomic E-state index is 0.0462. The van der Waals surface area contributed by atoms with Crippen LogP contribution in [0.4, 0.5) is 0 Å². The number of amides is 1. The van der Waals surface area contributed by atoms with Crippen molar-refractivity contribution in [2.24, 2.45) is 10.1 Å². The first-order valence-corrected chi connectivity index (χ1v) is 16.6. The molecule has 4 aromatic rings. The molecule has 0 aromatic heterocycles. The third-order valence-corrected chi connectivity index (χ3v) is 8.76. The maximum absolute atomic E-state index is 14.7. The molecule has 1 aliphatic rings. The lowest BCUT2D eigenvalue weighted by atomic mass is 9.81. The fraction of sp³-hybridized carbons (Fsp3) is 0.297. The van der Waals surface area contributed by atoms with Crippen LogP contribution in [0.25, 0.3) is 10.4 Å². The number of hydrogen-bond acceptors (Lipinski definition) is 8. The minimum Gasteiger partial charge on any atom is -0.494 e. The molecule has 0 radical (unpaired) electrons. The fourth-order valence-corrected chi connectivity index (χ4v) is 5.98. The summed E-state index contributed by atoms with van der Waals surface area (Å²) >= 11 is 3.52. The third-order valence-electron chi connectivity index (χ3n) is 8.23. The Hall–Kier alpha value is -5.03. The predicted molar refractivity (Wildman–Crippen MR) is 190 cm³/mol. The van der Waals surface area contributed by atoms with Gasteiger partial charge in [-0.05, 0) is 82.7 Å². The van der Waals surface area contributed by atoms with Crippen LogP contribution in [0.3, 0.4) is 0 Å². The summed E-state index contributed by atoms with van der Waals surface area (Å²) in [6.45, 7) is 0.890. The van der Waals surface area contributed by atoms with Crippen LogP contribution in [0.1, 0.15) is 40.3 Å². The second-order valence-electron chi connectivity index (χ2n) is 11.4. The Morgan fingerprint density at radius 2 is 1.76 bits per heavy atom. The SMILES string of the molecule is COc1ccc(CCNC(=O)[C@]2(Cc3ccccc3CN=[N+]=[N-])N=C(c3ccc(OCCCO)cc3)O[C@@H]2c2ccc(Br)cc2)cc1OC. The number of carbonyl (C=O) groups excluding carboxylic acids is 1. The molecule has 4 aromatic carbocycles. The molecule has 0 spiro atoms. The molecule has 0 saturated heterocycles. The van der Waals surface area contributed by atoms with Crippen LogP contribution in [0.15, 0.2) is 106 Å². The Kier molecular flexibility index (Phi) is 12.2. The van der Waals surface area contributed by atoms with Gasteiger partial charge in [-0.2, -0.15) is 0 Å². The molecule has 11 nitrogen and oxygen atoms in total. The molecule has 1 amide bonds. The summed E-state index contributed by atoms with van der Waals surface area (Å²) in [5.41, 5.74) is 11.7. The Morgan fingerprint density at radius 3 is 2.45 bits per heavy atom. The van der Waals surface area contributed by atoms with E-state index in [1.807, 2.05) is 91.0 Å². The summed E-state index contributed by atoms with van der Waals surface area (Å²) in [7, 11) is 3.17. The first-order valence-electron chi connectivity index (χ1n) is 15.8. The van der Waals surface area contributed by atoms with E-state index in [1.54, 1.807) is 14.2 Å². The number of nitrogens with one attached hydrogen (secondary N) is 1. The lowest BCUT2D eigenvalue weighted by molar-refractivity contribution is -0.128. The number of nitrogens with zero attached hydrogens (tertiary/aromatic N) is 4. The van der Waals surface area contributed by atoms with E-state index in [-0.39, 0.29) is 25.5 Å². The van der Waals surface area contributed by atoms with Crippen molar-refractivity contribution in [1.82, 2.24) is 5.32 Å². The van der Waals surface area contributed by atoms with Crippen LogP contribution in [0.2, 0.25) is 0 Å². The number of aliphatic imine (C=N–C) groups is 1. The minimum atomic E-state index is -1.43. The van der Waals surface area contributed by atoms with E-state index >= 15 is 0 Å². The number of halogens is 1. The van der Waals surface area contributed by atoms with E-state index < -0.39 is 11.6 Å². The lowest BCUT2D eigenvalue weighted by Crippen LogP contribution is -2.50. The number of rotatable bonds is 16. The molecule has 49 heavy (non-hydrogen) atoms. The molecule has 254 valence electrons. The van der Waals surface area contributed by atoms with Crippen LogP contribution >= 0.6 is 15.9 Å². The molecule has 0 aliphatic carbocycles. The van der Waals surface area contributed by atoms with Gasteiger partial charge in [-0.15, -0.1) is 0 Å². The van der Waals surface area contributed by atoms with Crippen molar-refractivity contribution in [3.8, 4) is 17.2 Å². The highest BCUT2D eigenvalue weighted by Gasteiger charge is 2.53. The zero-order chi connectivity index (χ0) is 34.6. The summed E-state index contributed by atoms with van der Waals surface area (Å²) < 4.78 is 24.1. The van der Waals surface area contributed by atoms with Crippen LogP contribution in [-0.4, -0.2) is 56.4 Å². The quantitative estimate of drug-likeness (QED) is 0.0556. The van der Waals surface area contributed by atoms with Crippen LogP contribution in [0.5, 0.6) is 17.2 Å². The maximum Gasteiger partial charge on any atom is 0.252 e. The van der Waals surface area contributed by atoms with Gasteiger partial charge < -0.3 is 29.4 Å². The van der Waals surface area contributed by atoms with Crippen molar-refractivity contribution in [3.63, 3.8) is 0 Å². The highest BCUT2D eigenvalue weighted by molar-refractivity contribution is 9.10. The fourth-order valence-electron chi connectivity index (χ4n) is 5.71. The Labute approximate surface area is 293 Å². The van der Waals surface area contributed by atoms with Gasteiger partial charge >= 0.3 is 0 Å². The second kappa shape index (κ2) is 16.9. The summed E-state index contributed by atoms with van der Waals surface area (Å²) in [5, 5.41) is 16.1. The van der Waals surface area contributed by atoms with E-state index in [2.05, 4.69) is 31.3 Å². The zero-order valence-corrected chi connectivity index (χ0v) is 28.9. The lowest BCUT2D eigenvalue weighted by Gasteiger charge is -2.31. The Morgan fingerprint density at radius 1 is 1.02 bits per heavy atom. The standard InChI is InChI=1S/C37H38BrN5O6/c1-46-32-17-8-25(22-33(32)47-2)18-19-40-36(45)37(23-28-6-3-4-7-29(28)24-41-43-39)34(26-9-13-30(38)14-10-26)49-35(42-37)27-11-15-31(16-12-27)48-21-5-20-44/h3-4,6-17,22,34,44H,5,18-21,23-24H2,1-2H3,(H,40,45)/t34-,37-/m1/s1. The van der Waals surface area contributed by atoms with Gasteiger partial charge in [-0.1, -0.05) is 63.5 Å². The summed E-state index contributed by atoms with van der Waals surface area (Å²) in [6.07, 6.45) is 0.453. The first kappa shape index (κ1) is 35.3. The molecule has 0 bridgehead atoms. The Balaban J connectivity index is 1.54. The zero-order valence-electron chi connectivity index (χ0n) is 27.3. The summed E-state index contributed by atoms with van der Waals surface area (Å²) in [6, 6.07) is 28.2. The molecule has 5 rings (SSSR count). The maximum atomic E-state index is 14.7. The van der Waals surface area contributed by atoms with Gasteiger partial charge in [0.1, 0.15) is 5.75 Å². The van der Waals surface area contributed by atoms with Crippen molar-refractivity contribution >= 4 is 27.7 Å². The van der Waals surface area contributed by atoms with E-state index in [0.29, 0.717) is 54.7 Å². The van der Waals surface area contributed by atoms with Crippen LogP contribution in [-0.2, 0) is 28.9 Å². The number of aliphatic hydroxyl groups is 1. The van der Waals surface area contributed by atoms with E-state index in [4.69, 9.17) is 34.6 Å².